The third kappa shape index (κ3) is 4.34. The van der Waals surface area contributed by atoms with Crippen LogP contribution in [0.2, 0.25) is 0 Å². The number of pyridine rings is 1. The van der Waals surface area contributed by atoms with Crippen molar-refractivity contribution in [3.05, 3.63) is 66.9 Å². The van der Waals surface area contributed by atoms with Gasteiger partial charge in [-0.05, 0) is 42.8 Å². The van der Waals surface area contributed by atoms with Crippen LogP contribution in [0.4, 0.5) is 17.2 Å². The summed E-state index contributed by atoms with van der Waals surface area (Å²) in [5.74, 6) is 3.11. The van der Waals surface area contributed by atoms with Gasteiger partial charge in [0.15, 0.2) is 5.65 Å². The highest BCUT2D eigenvalue weighted by Crippen LogP contribution is 2.38. The molecule has 0 amide bonds. The number of halogens is 1. The maximum Gasteiger partial charge on any atom is 0.158 e. The number of piperazine rings is 1. The van der Waals surface area contributed by atoms with Crippen molar-refractivity contribution in [1.29, 1.82) is 0 Å². The van der Waals surface area contributed by atoms with E-state index in [1.165, 1.54) is 6.33 Å². The summed E-state index contributed by atoms with van der Waals surface area (Å²) < 4.78 is 13.9. The Hall–Kier alpha value is -4.15. The molecule has 1 fully saturated rings. The molecule has 10 nitrogen and oxygen atoms in total. The van der Waals surface area contributed by atoms with Gasteiger partial charge in [0.2, 0.25) is 0 Å². The van der Waals surface area contributed by atoms with Gasteiger partial charge in [0, 0.05) is 49.0 Å². The van der Waals surface area contributed by atoms with Crippen molar-refractivity contribution in [3.8, 4) is 17.2 Å². The number of aryl methyl sites for hydroxylation is 1. The number of hydrogen-bond acceptors (Lipinski definition) is 9. The summed E-state index contributed by atoms with van der Waals surface area (Å²) in [7, 11) is 0. The SMILES string of the molecule is Cc1cc(Nc2ncnc3cc4c(cc23)N2CCN[C@H](CO4)C2)ccc1Oc1ccn2ncnc2c1.Cl. The van der Waals surface area contributed by atoms with Gasteiger partial charge in [-0.1, -0.05) is 0 Å². The molecule has 37 heavy (non-hydrogen) atoms. The Labute approximate surface area is 219 Å². The molecule has 7 rings (SSSR count). The Morgan fingerprint density at radius 3 is 2.95 bits per heavy atom. The van der Waals surface area contributed by atoms with Gasteiger partial charge in [0.25, 0.3) is 0 Å². The molecule has 2 aliphatic heterocycles. The summed E-state index contributed by atoms with van der Waals surface area (Å²) in [5, 5.41) is 12.1. The van der Waals surface area contributed by atoms with E-state index in [-0.39, 0.29) is 12.4 Å². The molecule has 2 N–H and O–H groups in total. The molecule has 3 aromatic heterocycles. The second kappa shape index (κ2) is 9.38. The van der Waals surface area contributed by atoms with E-state index < -0.39 is 0 Å². The molecule has 0 aliphatic carbocycles. The quantitative estimate of drug-likeness (QED) is 0.365. The first-order chi connectivity index (χ1) is 17.7. The normalized spacial score (nSPS) is 16.5. The lowest BCUT2D eigenvalue weighted by atomic mass is 10.1. The Bertz CT molecular complexity index is 1610. The molecule has 0 spiro atoms. The largest absolute Gasteiger partial charge is 0.490 e. The maximum absolute atomic E-state index is 6.12. The van der Waals surface area contributed by atoms with E-state index in [1.807, 2.05) is 49.5 Å². The highest BCUT2D eigenvalue weighted by atomic mass is 35.5. The van der Waals surface area contributed by atoms with E-state index in [0.717, 1.165) is 70.4 Å². The molecule has 2 aromatic carbocycles. The van der Waals surface area contributed by atoms with Crippen molar-refractivity contribution in [2.24, 2.45) is 0 Å². The second-order valence-electron chi connectivity index (χ2n) is 9.10. The molecular weight excluding hydrogens is 492 g/mol. The van der Waals surface area contributed by atoms with Crippen molar-refractivity contribution in [2.45, 2.75) is 13.0 Å². The van der Waals surface area contributed by atoms with Crippen LogP contribution in [0.5, 0.6) is 17.2 Å². The zero-order valence-electron chi connectivity index (χ0n) is 20.1. The van der Waals surface area contributed by atoms with Crippen LogP contribution in [0.3, 0.4) is 0 Å². The van der Waals surface area contributed by atoms with Gasteiger partial charge in [0.05, 0.1) is 17.2 Å². The summed E-state index contributed by atoms with van der Waals surface area (Å²) in [5.41, 5.74) is 4.58. The Morgan fingerprint density at radius 1 is 1.08 bits per heavy atom. The van der Waals surface area contributed by atoms with Gasteiger partial charge >= 0.3 is 0 Å². The van der Waals surface area contributed by atoms with E-state index in [9.17, 15) is 0 Å². The molecule has 0 saturated carbocycles. The minimum atomic E-state index is 0. The second-order valence-corrected chi connectivity index (χ2v) is 9.10. The molecule has 2 bridgehead atoms. The predicted octanol–water partition coefficient (Wildman–Crippen LogP) is 4.11. The average molecular weight is 517 g/mol. The van der Waals surface area contributed by atoms with Crippen LogP contribution >= 0.6 is 12.4 Å². The summed E-state index contributed by atoms with van der Waals surface area (Å²) in [4.78, 5) is 15.7. The zero-order chi connectivity index (χ0) is 24.1. The van der Waals surface area contributed by atoms with Crippen LogP contribution in [0.15, 0.2) is 61.3 Å². The van der Waals surface area contributed by atoms with E-state index in [2.05, 4.69) is 41.7 Å². The fourth-order valence-electron chi connectivity index (χ4n) is 4.85. The average Bonchev–Trinajstić information content (AvgIpc) is 3.33. The number of benzene rings is 2. The fraction of sp³-hybridized carbons (Fsp3) is 0.231. The monoisotopic (exact) mass is 516 g/mol. The fourth-order valence-corrected chi connectivity index (χ4v) is 4.85. The molecule has 5 heterocycles. The van der Waals surface area contributed by atoms with Gasteiger partial charge in [-0.25, -0.2) is 19.5 Å². The molecule has 0 unspecified atom stereocenters. The third-order valence-electron chi connectivity index (χ3n) is 6.67. The first kappa shape index (κ1) is 23.3. The van der Waals surface area contributed by atoms with Crippen molar-refractivity contribution >= 4 is 46.1 Å². The smallest absolute Gasteiger partial charge is 0.158 e. The number of aromatic nitrogens is 5. The minimum Gasteiger partial charge on any atom is -0.490 e. The van der Waals surface area contributed by atoms with Gasteiger partial charge in [-0.2, -0.15) is 5.10 Å². The Balaban J connectivity index is 0.00000252. The number of rotatable bonds is 4. The molecule has 5 aromatic rings. The van der Waals surface area contributed by atoms with Crippen LogP contribution < -0.4 is 25.0 Å². The lowest BCUT2D eigenvalue weighted by molar-refractivity contribution is 0.271. The van der Waals surface area contributed by atoms with Gasteiger partial charge in [0.1, 0.15) is 42.3 Å². The standard InChI is InChI=1S/C26H24N8O2.ClH/c1-16-8-17(2-3-23(16)36-19-4-6-34-25(9-19)29-15-31-34)32-26-20-10-22-24(11-21(20)28-14-30-26)35-13-18-12-33(22)7-5-27-18;/h2-4,6,8-11,14-15,18,27H,5,7,12-13H2,1H3,(H,28,30,32);1H/t18-;/m0./s1. The lowest BCUT2D eigenvalue weighted by Crippen LogP contribution is -2.51. The first-order valence-corrected chi connectivity index (χ1v) is 11.9. The number of anilines is 3. The molecule has 11 heteroatoms. The molecule has 0 radical (unpaired) electrons. The van der Waals surface area contributed by atoms with Crippen LogP contribution in [0.25, 0.3) is 16.6 Å². The van der Waals surface area contributed by atoms with Gasteiger partial charge < -0.3 is 25.0 Å². The van der Waals surface area contributed by atoms with Crippen LogP contribution in [0.1, 0.15) is 5.56 Å². The summed E-state index contributed by atoms with van der Waals surface area (Å²) in [6.07, 6.45) is 4.93. The predicted molar refractivity (Wildman–Crippen MR) is 144 cm³/mol. The van der Waals surface area contributed by atoms with E-state index in [0.29, 0.717) is 18.4 Å². The highest BCUT2D eigenvalue weighted by Gasteiger charge is 2.27. The van der Waals surface area contributed by atoms with E-state index >= 15 is 0 Å². The number of fused-ring (bicyclic) bond motifs is 6. The van der Waals surface area contributed by atoms with E-state index in [1.54, 1.807) is 10.8 Å². The molecule has 1 saturated heterocycles. The summed E-state index contributed by atoms with van der Waals surface area (Å²) in [6.45, 7) is 5.50. The maximum atomic E-state index is 6.12. The summed E-state index contributed by atoms with van der Waals surface area (Å²) >= 11 is 0. The van der Waals surface area contributed by atoms with Crippen LogP contribution in [0, 0.1) is 6.92 Å². The molecule has 2 aliphatic rings. The minimum absolute atomic E-state index is 0. The number of nitrogens with zero attached hydrogens (tertiary/aromatic N) is 6. The van der Waals surface area contributed by atoms with E-state index in [4.69, 9.17) is 9.47 Å². The van der Waals surface area contributed by atoms with Crippen LogP contribution in [-0.4, -0.2) is 56.8 Å². The van der Waals surface area contributed by atoms with Gasteiger partial charge in [-0.3, -0.25) is 0 Å². The van der Waals surface area contributed by atoms with Crippen molar-refractivity contribution in [2.75, 3.05) is 36.5 Å². The summed E-state index contributed by atoms with van der Waals surface area (Å²) in [6, 6.07) is 14.2. The zero-order valence-corrected chi connectivity index (χ0v) is 20.9. The highest BCUT2D eigenvalue weighted by molar-refractivity contribution is 5.95. The lowest BCUT2D eigenvalue weighted by Gasteiger charge is -2.32. The molecular formula is C26H25ClN8O2. The molecule has 188 valence electrons. The van der Waals surface area contributed by atoms with Gasteiger partial charge in [-0.15, -0.1) is 12.4 Å². The van der Waals surface area contributed by atoms with Crippen molar-refractivity contribution < 1.29 is 9.47 Å². The number of nitrogens with one attached hydrogen (secondary N) is 2. The Morgan fingerprint density at radius 2 is 2.03 bits per heavy atom. The van der Waals surface area contributed by atoms with Crippen LogP contribution in [-0.2, 0) is 0 Å². The van der Waals surface area contributed by atoms with Crippen molar-refractivity contribution in [1.82, 2.24) is 29.9 Å². The third-order valence-corrected chi connectivity index (χ3v) is 6.67. The first-order valence-electron chi connectivity index (χ1n) is 11.9. The Kier molecular flexibility index (Phi) is 5.90. The number of hydrogen-bond donors (Lipinski definition) is 2. The number of ether oxygens (including phenoxy) is 2. The topological polar surface area (TPSA) is 102 Å². The van der Waals surface area contributed by atoms with Crippen molar-refractivity contribution in [3.63, 3.8) is 0 Å². The molecule has 1 atom stereocenters.